The van der Waals surface area contributed by atoms with Crippen LogP contribution in [0.2, 0.25) is 10.0 Å². The standard InChI is InChI=1S/C18H13Cl2NO4S/c1-24-15-6-10(7-16-17(22)21-18(23)26-16)2-5-14(15)25-9-11-3-4-12(19)8-13(11)20/h2-8H,9H2,1H3,(H,21,22,23). The van der Waals surface area contributed by atoms with Crippen molar-refractivity contribution in [3.05, 3.63) is 62.5 Å². The van der Waals surface area contributed by atoms with E-state index in [0.717, 1.165) is 17.3 Å². The summed E-state index contributed by atoms with van der Waals surface area (Å²) in [4.78, 5) is 23.2. The molecule has 0 aliphatic carbocycles. The van der Waals surface area contributed by atoms with E-state index in [1.54, 1.807) is 42.5 Å². The molecule has 5 nitrogen and oxygen atoms in total. The molecular formula is C18H13Cl2NO4S. The summed E-state index contributed by atoms with van der Waals surface area (Å²) in [6.45, 7) is 0.250. The Hall–Kier alpha value is -2.15. The summed E-state index contributed by atoms with van der Waals surface area (Å²) in [7, 11) is 1.52. The van der Waals surface area contributed by atoms with Gasteiger partial charge in [-0.3, -0.25) is 14.9 Å². The van der Waals surface area contributed by atoms with Gasteiger partial charge in [-0.1, -0.05) is 35.3 Å². The van der Waals surface area contributed by atoms with Crippen molar-refractivity contribution < 1.29 is 19.1 Å². The van der Waals surface area contributed by atoms with E-state index in [4.69, 9.17) is 32.7 Å². The van der Waals surface area contributed by atoms with Crippen LogP contribution in [0, 0.1) is 0 Å². The van der Waals surface area contributed by atoms with Gasteiger partial charge in [0.15, 0.2) is 11.5 Å². The Bertz CT molecular complexity index is 914. The lowest BCUT2D eigenvalue weighted by Crippen LogP contribution is -2.17. The highest BCUT2D eigenvalue weighted by Gasteiger charge is 2.25. The maximum absolute atomic E-state index is 11.6. The van der Waals surface area contributed by atoms with Crippen LogP contribution in [0.3, 0.4) is 0 Å². The lowest BCUT2D eigenvalue weighted by atomic mass is 10.2. The van der Waals surface area contributed by atoms with Crippen LogP contribution < -0.4 is 14.8 Å². The van der Waals surface area contributed by atoms with Gasteiger partial charge in [0.25, 0.3) is 11.1 Å². The third-order valence-electron chi connectivity index (χ3n) is 3.53. The summed E-state index contributed by atoms with van der Waals surface area (Å²) in [6, 6.07) is 10.4. The molecule has 1 heterocycles. The van der Waals surface area contributed by atoms with E-state index < -0.39 is 5.91 Å². The monoisotopic (exact) mass is 409 g/mol. The van der Waals surface area contributed by atoms with Crippen molar-refractivity contribution in [3.8, 4) is 11.5 Å². The Morgan fingerprint density at radius 3 is 2.58 bits per heavy atom. The maximum atomic E-state index is 11.6. The van der Waals surface area contributed by atoms with Gasteiger partial charge in [0, 0.05) is 15.6 Å². The highest BCUT2D eigenvalue weighted by Crippen LogP contribution is 2.32. The molecule has 0 saturated carbocycles. The predicted molar refractivity (Wildman–Crippen MR) is 103 cm³/mol. The second kappa shape index (κ2) is 8.03. The Morgan fingerprint density at radius 2 is 1.92 bits per heavy atom. The van der Waals surface area contributed by atoms with E-state index in [1.807, 2.05) is 0 Å². The van der Waals surface area contributed by atoms with Crippen molar-refractivity contribution in [3.63, 3.8) is 0 Å². The second-order valence-corrected chi connectivity index (χ2v) is 7.15. The van der Waals surface area contributed by atoms with E-state index in [-0.39, 0.29) is 11.8 Å². The lowest BCUT2D eigenvalue weighted by Gasteiger charge is -2.12. The van der Waals surface area contributed by atoms with E-state index >= 15 is 0 Å². The number of carbonyl (C=O) groups is 2. The number of rotatable bonds is 5. The molecule has 1 N–H and O–H groups in total. The summed E-state index contributed by atoms with van der Waals surface area (Å²) in [5.41, 5.74) is 1.51. The first-order valence-electron chi connectivity index (χ1n) is 7.46. The Labute approximate surface area is 164 Å². The summed E-state index contributed by atoms with van der Waals surface area (Å²) in [5, 5.41) is 2.91. The summed E-state index contributed by atoms with van der Waals surface area (Å²) < 4.78 is 11.1. The van der Waals surface area contributed by atoms with Gasteiger partial charge in [-0.25, -0.2) is 0 Å². The Balaban J connectivity index is 1.77. The van der Waals surface area contributed by atoms with Crippen molar-refractivity contribution in [1.29, 1.82) is 0 Å². The van der Waals surface area contributed by atoms with E-state index in [1.165, 1.54) is 7.11 Å². The zero-order valence-electron chi connectivity index (χ0n) is 13.5. The number of benzene rings is 2. The average Bonchev–Trinajstić information content (AvgIpc) is 2.92. The van der Waals surface area contributed by atoms with Gasteiger partial charge in [-0.05, 0) is 47.7 Å². The number of nitrogens with one attached hydrogen (secondary N) is 1. The largest absolute Gasteiger partial charge is 0.493 e. The number of ether oxygens (including phenoxy) is 2. The number of imide groups is 1. The van der Waals surface area contributed by atoms with Crippen LogP contribution in [0.25, 0.3) is 6.08 Å². The highest BCUT2D eigenvalue weighted by atomic mass is 35.5. The normalized spacial score (nSPS) is 15.3. The predicted octanol–water partition coefficient (Wildman–Crippen LogP) is 4.90. The molecule has 1 aliphatic heterocycles. The summed E-state index contributed by atoms with van der Waals surface area (Å²) in [6.07, 6.45) is 1.62. The molecule has 0 atom stereocenters. The molecule has 0 aromatic heterocycles. The van der Waals surface area contributed by atoms with E-state index in [9.17, 15) is 9.59 Å². The molecule has 1 fully saturated rings. The molecule has 1 saturated heterocycles. The lowest BCUT2D eigenvalue weighted by molar-refractivity contribution is -0.115. The minimum atomic E-state index is -0.406. The fourth-order valence-corrected chi connectivity index (χ4v) is 3.41. The van der Waals surface area contributed by atoms with Crippen LogP contribution >= 0.6 is 35.0 Å². The Kier molecular flexibility index (Phi) is 5.76. The van der Waals surface area contributed by atoms with Gasteiger partial charge in [0.05, 0.1) is 12.0 Å². The topological polar surface area (TPSA) is 64.6 Å². The molecular weight excluding hydrogens is 397 g/mol. The number of hydrogen-bond donors (Lipinski definition) is 1. The summed E-state index contributed by atoms with van der Waals surface area (Å²) in [5.74, 6) is 0.621. The van der Waals surface area contributed by atoms with E-state index in [2.05, 4.69) is 5.32 Å². The van der Waals surface area contributed by atoms with Crippen molar-refractivity contribution in [2.45, 2.75) is 6.61 Å². The third kappa shape index (κ3) is 4.33. The van der Waals surface area contributed by atoms with E-state index in [0.29, 0.717) is 32.0 Å². The Morgan fingerprint density at radius 1 is 1.12 bits per heavy atom. The summed E-state index contributed by atoms with van der Waals surface area (Å²) >= 11 is 12.9. The second-order valence-electron chi connectivity index (χ2n) is 5.29. The number of thioether (sulfide) groups is 1. The number of methoxy groups -OCH3 is 1. The van der Waals surface area contributed by atoms with Crippen LogP contribution in [0.4, 0.5) is 4.79 Å². The highest BCUT2D eigenvalue weighted by molar-refractivity contribution is 8.18. The molecule has 0 radical (unpaired) electrons. The molecule has 134 valence electrons. The van der Waals surface area contributed by atoms with Crippen LogP contribution in [0.1, 0.15) is 11.1 Å². The van der Waals surface area contributed by atoms with Crippen LogP contribution in [0.15, 0.2) is 41.3 Å². The molecule has 0 spiro atoms. The molecule has 8 heteroatoms. The third-order valence-corrected chi connectivity index (χ3v) is 4.92. The molecule has 3 rings (SSSR count). The van der Waals surface area contributed by atoms with Crippen LogP contribution in [0.5, 0.6) is 11.5 Å². The van der Waals surface area contributed by atoms with Gasteiger partial charge >= 0.3 is 0 Å². The SMILES string of the molecule is COc1cc(C=C2SC(=O)NC2=O)ccc1OCc1ccc(Cl)cc1Cl. The molecule has 26 heavy (non-hydrogen) atoms. The molecule has 2 amide bonds. The fraction of sp³-hybridized carbons (Fsp3) is 0.111. The minimum Gasteiger partial charge on any atom is -0.493 e. The smallest absolute Gasteiger partial charge is 0.290 e. The molecule has 1 aliphatic rings. The number of halogens is 2. The minimum absolute atomic E-state index is 0.250. The maximum Gasteiger partial charge on any atom is 0.290 e. The first kappa shape index (κ1) is 18.6. The molecule has 0 unspecified atom stereocenters. The van der Waals surface area contributed by atoms with Gasteiger partial charge in [0.1, 0.15) is 6.61 Å². The number of hydrogen-bond acceptors (Lipinski definition) is 5. The number of carbonyl (C=O) groups excluding carboxylic acids is 2. The first-order valence-corrected chi connectivity index (χ1v) is 9.03. The van der Waals surface area contributed by atoms with Crippen molar-refractivity contribution in [2.75, 3.05) is 7.11 Å². The van der Waals surface area contributed by atoms with Gasteiger partial charge < -0.3 is 9.47 Å². The first-order chi connectivity index (χ1) is 12.5. The van der Waals surface area contributed by atoms with Crippen molar-refractivity contribution >= 4 is 52.2 Å². The van der Waals surface area contributed by atoms with Crippen LogP contribution in [-0.4, -0.2) is 18.3 Å². The van der Waals surface area contributed by atoms with Gasteiger partial charge in [0.2, 0.25) is 0 Å². The van der Waals surface area contributed by atoms with Crippen LogP contribution in [-0.2, 0) is 11.4 Å². The molecule has 0 bridgehead atoms. The number of amides is 2. The zero-order valence-corrected chi connectivity index (χ0v) is 15.9. The zero-order chi connectivity index (χ0) is 18.7. The van der Waals surface area contributed by atoms with Crippen molar-refractivity contribution in [1.82, 2.24) is 5.32 Å². The molecule has 2 aromatic rings. The fourth-order valence-electron chi connectivity index (χ4n) is 2.26. The van der Waals surface area contributed by atoms with Crippen molar-refractivity contribution in [2.24, 2.45) is 0 Å². The average molecular weight is 410 g/mol. The van der Waals surface area contributed by atoms with Gasteiger partial charge in [-0.2, -0.15) is 0 Å². The quantitative estimate of drug-likeness (QED) is 0.710. The van der Waals surface area contributed by atoms with Gasteiger partial charge in [-0.15, -0.1) is 0 Å². The molecule has 2 aromatic carbocycles.